The second-order valence-corrected chi connectivity index (χ2v) is 7.89. The van der Waals surface area contributed by atoms with Gasteiger partial charge in [0.15, 0.2) is 12.4 Å². The van der Waals surface area contributed by atoms with Crippen molar-refractivity contribution >= 4 is 54.4 Å². The molecular formula is C20H18Br2N2O2. The van der Waals surface area contributed by atoms with Gasteiger partial charge in [-0.3, -0.25) is 9.78 Å². The van der Waals surface area contributed by atoms with E-state index in [1.807, 2.05) is 42.5 Å². The standard InChI is InChI=1S/C20H18Br2N2O2/c1-12(2)13-5-7-14(8-6-13)24-18(25)11-26-20-17(22)10-16(21)15-4-3-9-23-19(15)20/h3-10,12H,11H2,1-2H3,(H,24,25). The van der Waals surface area contributed by atoms with Crippen LogP contribution in [0.25, 0.3) is 10.9 Å². The number of hydrogen-bond acceptors (Lipinski definition) is 3. The van der Waals surface area contributed by atoms with Crippen LogP contribution in [0.4, 0.5) is 5.69 Å². The Kier molecular flexibility index (Phi) is 5.94. The van der Waals surface area contributed by atoms with Crippen LogP contribution in [0.3, 0.4) is 0 Å². The monoisotopic (exact) mass is 476 g/mol. The van der Waals surface area contributed by atoms with E-state index in [1.165, 1.54) is 5.56 Å². The molecule has 4 nitrogen and oxygen atoms in total. The number of pyridine rings is 1. The molecule has 3 rings (SSSR count). The van der Waals surface area contributed by atoms with Gasteiger partial charge in [0.25, 0.3) is 5.91 Å². The molecule has 1 heterocycles. The van der Waals surface area contributed by atoms with Crippen LogP contribution >= 0.6 is 31.9 Å². The molecule has 0 saturated heterocycles. The first-order valence-corrected chi connectivity index (χ1v) is 9.79. The second-order valence-electron chi connectivity index (χ2n) is 6.18. The van der Waals surface area contributed by atoms with Gasteiger partial charge in [-0.05, 0) is 51.7 Å². The van der Waals surface area contributed by atoms with Crippen molar-refractivity contribution in [3.63, 3.8) is 0 Å². The van der Waals surface area contributed by atoms with Gasteiger partial charge in [-0.1, -0.05) is 48.0 Å². The number of aromatic nitrogens is 1. The van der Waals surface area contributed by atoms with Gasteiger partial charge in [0.2, 0.25) is 0 Å². The predicted octanol–water partition coefficient (Wildman–Crippen LogP) is 5.90. The van der Waals surface area contributed by atoms with Crippen LogP contribution in [-0.4, -0.2) is 17.5 Å². The highest BCUT2D eigenvalue weighted by atomic mass is 79.9. The topological polar surface area (TPSA) is 51.2 Å². The van der Waals surface area contributed by atoms with Gasteiger partial charge in [0.05, 0.1) is 4.47 Å². The molecule has 0 fully saturated rings. The summed E-state index contributed by atoms with van der Waals surface area (Å²) >= 11 is 7.00. The van der Waals surface area contributed by atoms with Crippen LogP contribution in [0, 0.1) is 0 Å². The van der Waals surface area contributed by atoms with Gasteiger partial charge in [-0.2, -0.15) is 0 Å². The fourth-order valence-corrected chi connectivity index (χ4v) is 3.96. The molecule has 6 heteroatoms. The van der Waals surface area contributed by atoms with Crippen molar-refractivity contribution in [2.24, 2.45) is 0 Å². The smallest absolute Gasteiger partial charge is 0.262 e. The highest BCUT2D eigenvalue weighted by Gasteiger charge is 2.13. The number of halogens is 2. The SMILES string of the molecule is CC(C)c1ccc(NC(=O)COc2c(Br)cc(Br)c3cccnc23)cc1. The van der Waals surface area contributed by atoms with E-state index in [2.05, 4.69) is 56.0 Å². The molecule has 1 N–H and O–H groups in total. The van der Waals surface area contributed by atoms with Crippen molar-refractivity contribution in [3.8, 4) is 5.75 Å². The lowest BCUT2D eigenvalue weighted by molar-refractivity contribution is -0.118. The summed E-state index contributed by atoms with van der Waals surface area (Å²) in [4.78, 5) is 16.6. The number of rotatable bonds is 5. The van der Waals surface area contributed by atoms with E-state index in [0.29, 0.717) is 17.2 Å². The Bertz CT molecular complexity index is 940. The van der Waals surface area contributed by atoms with Crippen molar-refractivity contribution in [2.75, 3.05) is 11.9 Å². The Morgan fingerprint density at radius 1 is 1.15 bits per heavy atom. The third kappa shape index (κ3) is 4.24. The molecule has 134 valence electrons. The molecule has 0 aliphatic carbocycles. The average molecular weight is 478 g/mol. The number of amides is 1. The predicted molar refractivity (Wildman–Crippen MR) is 112 cm³/mol. The molecule has 0 aliphatic rings. The van der Waals surface area contributed by atoms with E-state index in [1.54, 1.807) is 6.20 Å². The fourth-order valence-electron chi connectivity index (χ4n) is 2.57. The number of nitrogens with zero attached hydrogens (tertiary/aromatic N) is 1. The van der Waals surface area contributed by atoms with Crippen LogP contribution in [0.1, 0.15) is 25.3 Å². The zero-order valence-corrected chi connectivity index (χ0v) is 17.6. The van der Waals surface area contributed by atoms with Crippen LogP contribution in [0.5, 0.6) is 5.75 Å². The van der Waals surface area contributed by atoms with Crippen LogP contribution < -0.4 is 10.1 Å². The highest BCUT2D eigenvalue weighted by molar-refractivity contribution is 9.11. The summed E-state index contributed by atoms with van der Waals surface area (Å²) in [6.07, 6.45) is 1.70. The minimum absolute atomic E-state index is 0.0994. The van der Waals surface area contributed by atoms with Gasteiger partial charge in [0.1, 0.15) is 5.52 Å². The average Bonchev–Trinajstić information content (AvgIpc) is 2.62. The summed E-state index contributed by atoms with van der Waals surface area (Å²) in [6, 6.07) is 13.5. The Labute approximate surface area is 169 Å². The molecule has 3 aromatic rings. The number of fused-ring (bicyclic) bond motifs is 1. The van der Waals surface area contributed by atoms with Crippen molar-refractivity contribution in [1.29, 1.82) is 0 Å². The number of benzene rings is 2. The molecular weight excluding hydrogens is 460 g/mol. The lowest BCUT2D eigenvalue weighted by atomic mass is 10.0. The van der Waals surface area contributed by atoms with Gasteiger partial charge >= 0.3 is 0 Å². The number of ether oxygens (including phenoxy) is 1. The minimum Gasteiger partial charge on any atom is -0.480 e. The van der Waals surface area contributed by atoms with E-state index in [4.69, 9.17) is 4.74 Å². The summed E-state index contributed by atoms with van der Waals surface area (Å²) < 4.78 is 7.41. The van der Waals surface area contributed by atoms with Gasteiger partial charge in [-0.15, -0.1) is 0 Å². The van der Waals surface area contributed by atoms with Gasteiger partial charge in [-0.25, -0.2) is 0 Å². The van der Waals surface area contributed by atoms with E-state index < -0.39 is 0 Å². The van der Waals surface area contributed by atoms with Crippen LogP contribution in [0.2, 0.25) is 0 Å². The summed E-state index contributed by atoms with van der Waals surface area (Å²) in [6.45, 7) is 4.17. The van der Waals surface area contributed by atoms with Crippen molar-refractivity contribution in [2.45, 2.75) is 19.8 Å². The van der Waals surface area contributed by atoms with Crippen molar-refractivity contribution < 1.29 is 9.53 Å². The summed E-state index contributed by atoms with van der Waals surface area (Å²) in [7, 11) is 0. The first-order valence-electron chi connectivity index (χ1n) is 8.21. The fraction of sp³-hybridized carbons (Fsp3) is 0.200. The van der Waals surface area contributed by atoms with Crippen LogP contribution in [-0.2, 0) is 4.79 Å². The second kappa shape index (κ2) is 8.18. The van der Waals surface area contributed by atoms with Crippen molar-refractivity contribution in [3.05, 3.63) is 63.2 Å². The first kappa shape index (κ1) is 18.9. The summed E-state index contributed by atoms with van der Waals surface area (Å²) in [5, 5.41) is 3.77. The molecule has 26 heavy (non-hydrogen) atoms. The number of anilines is 1. The van der Waals surface area contributed by atoms with E-state index in [-0.39, 0.29) is 12.5 Å². The van der Waals surface area contributed by atoms with Gasteiger partial charge < -0.3 is 10.1 Å². The number of hydrogen-bond donors (Lipinski definition) is 1. The first-order chi connectivity index (χ1) is 12.5. The third-order valence-corrected chi connectivity index (χ3v) is 5.20. The molecule has 0 unspecified atom stereocenters. The molecule has 0 aliphatic heterocycles. The maximum Gasteiger partial charge on any atom is 0.262 e. The Morgan fingerprint density at radius 3 is 2.58 bits per heavy atom. The van der Waals surface area contributed by atoms with Crippen molar-refractivity contribution in [1.82, 2.24) is 4.98 Å². The zero-order valence-electron chi connectivity index (χ0n) is 14.4. The molecule has 0 saturated carbocycles. The minimum atomic E-state index is -0.221. The van der Waals surface area contributed by atoms with E-state index >= 15 is 0 Å². The Hall–Kier alpha value is -1.92. The third-order valence-electron chi connectivity index (χ3n) is 3.96. The van der Waals surface area contributed by atoms with E-state index in [0.717, 1.165) is 20.0 Å². The molecule has 0 bridgehead atoms. The zero-order chi connectivity index (χ0) is 18.7. The normalized spacial score (nSPS) is 11.0. The quantitative estimate of drug-likeness (QED) is 0.497. The molecule has 1 amide bonds. The Morgan fingerprint density at radius 2 is 1.88 bits per heavy atom. The molecule has 2 aromatic carbocycles. The lowest BCUT2D eigenvalue weighted by Gasteiger charge is -2.12. The summed E-state index contributed by atoms with van der Waals surface area (Å²) in [5.41, 5.74) is 2.68. The highest BCUT2D eigenvalue weighted by Crippen LogP contribution is 2.37. The summed E-state index contributed by atoms with van der Waals surface area (Å²) in [5.74, 6) is 0.786. The van der Waals surface area contributed by atoms with Crippen LogP contribution in [0.15, 0.2) is 57.6 Å². The number of nitrogens with one attached hydrogen (secondary N) is 1. The molecule has 0 atom stereocenters. The maximum absolute atomic E-state index is 12.2. The Balaban J connectivity index is 1.71. The molecule has 0 spiro atoms. The number of carbonyl (C=O) groups is 1. The van der Waals surface area contributed by atoms with E-state index in [9.17, 15) is 4.79 Å². The number of carbonyl (C=O) groups excluding carboxylic acids is 1. The largest absolute Gasteiger partial charge is 0.480 e. The molecule has 1 aromatic heterocycles. The van der Waals surface area contributed by atoms with Gasteiger partial charge in [0, 0.05) is 21.7 Å². The maximum atomic E-state index is 12.2. The molecule has 0 radical (unpaired) electrons. The lowest BCUT2D eigenvalue weighted by Crippen LogP contribution is -2.20.